The lowest BCUT2D eigenvalue weighted by molar-refractivity contribution is -0.121. The molecule has 1 aromatic heterocycles. The third-order valence-corrected chi connectivity index (χ3v) is 3.77. The van der Waals surface area contributed by atoms with E-state index in [9.17, 15) is 9.90 Å². The molecule has 7 heteroatoms. The van der Waals surface area contributed by atoms with Crippen LogP contribution in [-0.2, 0) is 16.9 Å². The van der Waals surface area contributed by atoms with E-state index in [-0.39, 0.29) is 6.54 Å². The average Bonchev–Trinajstić information content (AvgIpc) is 2.90. The first-order chi connectivity index (χ1) is 9.47. The summed E-state index contributed by atoms with van der Waals surface area (Å²) in [6.07, 6.45) is 3.50. The molecular weight excluding hydrogens is 301 g/mol. The molecule has 2 unspecified atom stereocenters. The number of aromatic nitrogens is 3. The molecule has 5 nitrogen and oxygen atoms in total. The summed E-state index contributed by atoms with van der Waals surface area (Å²) in [7, 11) is 0. The van der Waals surface area contributed by atoms with Crippen LogP contribution in [0.4, 0.5) is 0 Å². The lowest BCUT2D eigenvalue weighted by Crippen LogP contribution is -2.39. The van der Waals surface area contributed by atoms with E-state index in [1.54, 1.807) is 19.1 Å². The molecule has 2 aromatic rings. The van der Waals surface area contributed by atoms with Gasteiger partial charge < -0.3 is 9.90 Å². The Labute approximate surface area is 126 Å². The molecule has 0 fully saturated rings. The molecule has 20 heavy (non-hydrogen) atoms. The van der Waals surface area contributed by atoms with Crippen LogP contribution >= 0.6 is 23.2 Å². The van der Waals surface area contributed by atoms with Crippen molar-refractivity contribution in [2.45, 2.75) is 19.1 Å². The average molecular weight is 314 g/mol. The van der Waals surface area contributed by atoms with Crippen molar-refractivity contribution in [2.75, 3.05) is 0 Å². The van der Waals surface area contributed by atoms with Crippen molar-refractivity contribution in [3.05, 3.63) is 46.5 Å². The number of carbonyl (C=O) groups excluding carboxylic acids is 1. The van der Waals surface area contributed by atoms with E-state index < -0.39 is 11.5 Å². The van der Waals surface area contributed by atoms with Gasteiger partial charge in [-0.1, -0.05) is 36.2 Å². The van der Waals surface area contributed by atoms with Crippen molar-refractivity contribution in [3.8, 4) is 0 Å². The van der Waals surface area contributed by atoms with Gasteiger partial charge in [-0.05, 0) is 12.1 Å². The smallest absolute Gasteiger partial charge is 0.137 e. The minimum Gasteiger partial charge on any atom is -0.382 e. The van der Waals surface area contributed by atoms with Crippen molar-refractivity contribution in [3.63, 3.8) is 0 Å². The maximum absolute atomic E-state index is 11.2. The van der Waals surface area contributed by atoms with E-state index >= 15 is 0 Å². The minimum atomic E-state index is -1.49. The van der Waals surface area contributed by atoms with Crippen LogP contribution in [-0.4, -0.2) is 26.2 Å². The van der Waals surface area contributed by atoms with E-state index in [1.165, 1.54) is 23.4 Å². The predicted molar refractivity (Wildman–Crippen MR) is 75.6 cm³/mol. The molecule has 0 saturated heterocycles. The zero-order valence-electron chi connectivity index (χ0n) is 10.7. The van der Waals surface area contributed by atoms with Gasteiger partial charge in [-0.15, -0.1) is 0 Å². The summed E-state index contributed by atoms with van der Waals surface area (Å²) in [6, 6.07) is 4.76. The van der Waals surface area contributed by atoms with Crippen molar-refractivity contribution in [1.82, 2.24) is 14.8 Å². The number of halogens is 2. The molecule has 1 aromatic carbocycles. The fourth-order valence-corrected chi connectivity index (χ4v) is 2.56. The third-order valence-electron chi connectivity index (χ3n) is 3.22. The van der Waals surface area contributed by atoms with Crippen LogP contribution in [0.25, 0.3) is 0 Å². The molecule has 0 radical (unpaired) electrons. The van der Waals surface area contributed by atoms with Gasteiger partial charge in [-0.3, -0.25) is 0 Å². The SMILES string of the molecule is CC(C=O)C(O)(Cn1cncn1)c1ccc(Cl)cc1Cl. The van der Waals surface area contributed by atoms with Crippen LogP contribution in [0, 0.1) is 5.92 Å². The van der Waals surface area contributed by atoms with Gasteiger partial charge in [-0.2, -0.15) is 5.10 Å². The summed E-state index contributed by atoms with van der Waals surface area (Å²) >= 11 is 12.0. The lowest BCUT2D eigenvalue weighted by atomic mass is 9.83. The Morgan fingerprint density at radius 2 is 2.25 bits per heavy atom. The fourth-order valence-electron chi connectivity index (χ4n) is 1.99. The van der Waals surface area contributed by atoms with E-state index in [2.05, 4.69) is 10.1 Å². The number of benzene rings is 1. The molecule has 106 valence electrons. The van der Waals surface area contributed by atoms with Gasteiger partial charge in [0.15, 0.2) is 0 Å². The summed E-state index contributed by atoms with van der Waals surface area (Å²) in [5.74, 6) is -0.676. The maximum atomic E-state index is 11.2. The molecule has 0 amide bonds. The summed E-state index contributed by atoms with van der Waals surface area (Å²) in [6.45, 7) is 1.68. The number of carbonyl (C=O) groups is 1. The number of rotatable bonds is 5. The van der Waals surface area contributed by atoms with E-state index in [4.69, 9.17) is 23.2 Å². The Kier molecular flexibility index (Phi) is 4.42. The number of aldehydes is 1. The first-order valence-corrected chi connectivity index (χ1v) is 6.68. The molecule has 2 atom stereocenters. The van der Waals surface area contributed by atoms with Gasteiger partial charge in [0.1, 0.15) is 24.5 Å². The molecular formula is C13H13Cl2N3O2. The van der Waals surface area contributed by atoms with E-state index in [0.717, 1.165) is 0 Å². The van der Waals surface area contributed by atoms with Crippen LogP contribution in [0.3, 0.4) is 0 Å². The van der Waals surface area contributed by atoms with Crippen LogP contribution in [0.5, 0.6) is 0 Å². The second-order valence-electron chi connectivity index (χ2n) is 4.57. The molecule has 0 saturated carbocycles. The monoisotopic (exact) mass is 313 g/mol. The highest BCUT2D eigenvalue weighted by atomic mass is 35.5. The number of aliphatic hydroxyl groups is 1. The molecule has 2 rings (SSSR count). The molecule has 0 aliphatic heterocycles. The van der Waals surface area contributed by atoms with Crippen LogP contribution in [0.2, 0.25) is 10.0 Å². The van der Waals surface area contributed by atoms with Crippen molar-refractivity contribution >= 4 is 29.5 Å². The molecule has 1 N–H and O–H groups in total. The lowest BCUT2D eigenvalue weighted by Gasteiger charge is -2.32. The second kappa shape index (κ2) is 5.91. The fraction of sp³-hybridized carbons (Fsp3) is 0.308. The first kappa shape index (κ1) is 15.0. The Morgan fingerprint density at radius 1 is 1.50 bits per heavy atom. The minimum absolute atomic E-state index is 0.0637. The van der Waals surface area contributed by atoms with Crippen molar-refractivity contribution in [2.24, 2.45) is 5.92 Å². The van der Waals surface area contributed by atoms with E-state index in [0.29, 0.717) is 21.9 Å². The standard InChI is InChI=1S/C13H13Cl2N3O2/c1-9(5-19)13(20,6-18-8-16-7-17-18)11-3-2-10(14)4-12(11)15/h2-5,7-9,20H,6H2,1H3. The van der Waals surface area contributed by atoms with Gasteiger partial charge in [0.05, 0.1) is 6.54 Å². The van der Waals surface area contributed by atoms with Gasteiger partial charge in [0.2, 0.25) is 0 Å². The number of nitrogens with zero attached hydrogens (tertiary/aromatic N) is 3. The second-order valence-corrected chi connectivity index (χ2v) is 5.41. The maximum Gasteiger partial charge on any atom is 0.137 e. The van der Waals surface area contributed by atoms with Crippen molar-refractivity contribution < 1.29 is 9.90 Å². The molecule has 0 aliphatic carbocycles. The normalized spacial score (nSPS) is 15.6. The molecule has 0 aliphatic rings. The molecule has 0 spiro atoms. The summed E-state index contributed by atoms with van der Waals surface area (Å²) in [4.78, 5) is 15.0. The van der Waals surface area contributed by atoms with Crippen LogP contribution in [0.1, 0.15) is 12.5 Å². The van der Waals surface area contributed by atoms with Gasteiger partial charge >= 0.3 is 0 Å². The Hall–Kier alpha value is -1.43. The molecule has 1 heterocycles. The summed E-state index contributed by atoms with van der Waals surface area (Å²) < 4.78 is 1.45. The van der Waals surface area contributed by atoms with Gasteiger partial charge in [0.25, 0.3) is 0 Å². The van der Waals surface area contributed by atoms with Crippen LogP contribution in [0.15, 0.2) is 30.9 Å². The highest BCUT2D eigenvalue weighted by Crippen LogP contribution is 2.36. The Morgan fingerprint density at radius 3 is 2.80 bits per heavy atom. The van der Waals surface area contributed by atoms with Gasteiger partial charge in [0, 0.05) is 21.5 Å². The summed E-state index contributed by atoms with van der Waals surface area (Å²) in [5.41, 5.74) is -1.06. The Balaban J connectivity index is 2.48. The van der Waals surface area contributed by atoms with Crippen molar-refractivity contribution in [1.29, 1.82) is 0 Å². The topological polar surface area (TPSA) is 68.0 Å². The Bertz CT molecular complexity index is 604. The van der Waals surface area contributed by atoms with E-state index in [1.807, 2.05) is 0 Å². The zero-order chi connectivity index (χ0) is 14.8. The quantitative estimate of drug-likeness (QED) is 0.860. The largest absolute Gasteiger partial charge is 0.382 e. The zero-order valence-corrected chi connectivity index (χ0v) is 12.2. The predicted octanol–water partition coefficient (Wildman–Crippen LogP) is 2.31. The highest BCUT2D eigenvalue weighted by molar-refractivity contribution is 6.35. The number of hydrogen-bond acceptors (Lipinski definition) is 4. The summed E-state index contributed by atoms with van der Waals surface area (Å²) in [5, 5.41) is 15.7. The van der Waals surface area contributed by atoms with Gasteiger partial charge in [-0.25, -0.2) is 9.67 Å². The highest BCUT2D eigenvalue weighted by Gasteiger charge is 2.38. The first-order valence-electron chi connectivity index (χ1n) is 5.93. The third kappa shape index (κ3) is 2.85. The van der Waals surface area contributed by atoms with Crippen LogP contribution < -0.4 is 0 Å². The number of hydrogen-bond donors (Lipinski definition) is 1. The molecule has 0 bridgehead atoms.